The van der Waals surface area contributed by atoms with Crippen molar-refractivity contribution in [3.63, 3.8) is 0 Å². The normalized spacial score (nSPS) is 12.8. The first-order valence-electron chi connectivity index (χ1n) is 6.67. The monoisotopic (exact) mass is 292 g/mol. The van der Waals surface area contributed by atoms with Crippen LogP contribution in [-0.2, 0) is 6.42 Å². The molecule has 1 heterocycles. The molecular formula is C14H20N4OS. The summed E-state index contributed by atoms with van der Waals surface area (Å²) in [6, 6.07) is 8.26. The van der Waals surface area contributed by atoms with Crippen molar-refractivity contribution < 1.29 is 0 Å². The summed E-state index contributed by atoms with van der Waals surface area (Å²) in [4.78, 5) is 12.8. The van der Waals surface area contributed by atoms with E-state index < -0.39 is 0 Å². The molecule has 0 amide bonds. The van der Waals surface area contributed by atoms with E-state index in [1.807, 2.05) is 39.0 Å². The van der Waals surface area contributed by atoms with Gasteiger partial charge in [0.1, 0.15) is 0 Å². The summed E-state index contributed by atoms with van der Waals surface area (Å²) in [5.74, 6) is 0. The number of hydrogen-bond acceptors (Lipinski definition) is 4. The van der Waals surface area contributed by atoms with Crippen LogP contribution in [-0.4, -0.2) is 20.8 Å². The van der Waals surface area contributed by atoms with Gasteiger partial charge in [-0.1, -0.05) is 18.2 Å². The maximum Gasteiger partial charge on any atom is 0.344 e. The highest BCUT2D eigenvalue weighted by Gasteiger charge is 2.14. The topological polar surface area (TPSA) is 76.7 Å². The van der Waals surface area contributed by atoms with Crippen LogP contribution in [0.25, 0.3) is 0 Å². The number of benzene rings is 1. The average Bonchev–Trinajstić information content (AvgIpc) is 2.72. The Kier molecular flexibility index (Phi) is 4.67. The maximum atomic E-state index is 11.7. The summed E-state index contributed by atoms with van der Waals surface area (Å²) in [5, 5.41) is 7.30. The lowest BCUT2D eigenvalue weighted by Gasteiger charge is -2.12. The Morgan fingerprint density at radius 1 is 1.35 bits per heavy atom. The first-order chi connectivity index (χ1) is 9.49. The van der Waals surface area contributed by atoms with Crippen molar-refractivity contribution in [1.82, 2.24) is 14.8 Å². The van der Waals surface area contributed by atoms with Crippen LogP contribution in [0.2, 0.25) is 0 Å². The minimum atomic E-state index is -0.174. The highest BCUT2D eigenvalue weighted by molar-refractivity contribution is 7.99. The number of nitrogens with two attached hydrogens (primary N) is 1. The fourth-order valence-corrected chi connectivity index (χ4v) is 3.14. The van der Waals surface area contributed by atoms with Gasteiger partial charge in [0.05, 0.1) is 0 Å². The third-order valence-electron chi connectivity index (χ3n) is 2.90. The summed E-state index contributed by atoms with van der Waals surface area (Å²) in [6.45, 7) is 5.92. The molecule has 2 rings (SSSR count). The van der Waals surface area contributed by atoms with Gasteiger partial charge in [0.15, 0.2) is 5.16 Å². The molecule has 0 spiro atoms. The lowest BCUT2D eigenvalue weighted by Crippen LogP contribution is -2.19. The van der Waals surface area contributed by atoms with Crippen molar-refractivity contribution in [2.75, 3.05) is 0 Å². The predicted molar refractivity (Wildman–Crippen MR) is 81.2 cm³/mol. The van der Waals surface area contributed by atoms with Gasteiger partial charge < -0.3 is 5.73 Å². The van der Waals surface area contributed by atoms with E-state index in [0.29, 0.717) is 5.16 Å². The summed E-state index contributed by atoms with van der Waals surface area (Å²) < 4.78 is 1.66. The van der Waals surface area contributed by atoms with Crippen LogP contribution in [0.4, 0.5) is 0 Å². The second-order valence-electron chi connectivity index (χ2n) is 5.17. The molecule has 0 aliphatic heterocycles. The first kappa shape index (κ1) is 14.9. The van der Waals surface area contributed by atoms with Crippen molar-refractivity contribution in [2.45, 2.75) is 49.3 Å². The zero-order valence-electron chi connectivity index (χ0n) is 12.0. The number of H-pyrrole nitrogens is 1. The van der Waals surface area contributed by atoms with Gasteiger partial charge in [-0.05, 0) is 50.6 Å². The molecule has 6 heteroatoms. The number of aromatic nitrogens is 3. The molecule has 0 bridgehead atoms. The van der Waals surface area contributed by atoms with Crippen molar-refractivity contribution in [2.24, 2.45) is 5.73 Å². The van der Waals surface area contributed by atoms with Gasteiger partial charge >= 0.3 is 5.69 Å². The molecule has 20 heavy (non-hydrogen) atoms. The first-order valence-corrected chi connectivity index (χ1v) is 7.49. The van der Waals surface area contributed by atoms with Gasteiger partial charge in [-0.15, -0.1) is 5.10 Å². The molecule has 2 aromatic rings. The van der Waals surface area contributed by atoms with Crippen LogP contribution < -0.4 is 11.4 Å². The van der Waals surface area contributed by atoms with Gasteiger partial charge in [-0.25, -0.2) is 9.89 Å². The van der Waals surface area contributed by atoms with Crippen LogP contribution in [0.5, 0.6) is 0 Å². The molecule has 1 aromatic carbocycles. The second kappa shape index (κ2) is 6.28. The van der Waals surface area contributed by atoms with Crippen molar-refractivity contribution in [3.05, 3.63) is 40.3 Å². The largest absolute Gasteiger partial charge is 0.344 e. The lowest BCUT2D eigenvalue weighted by atomic mass is 10.1. The van der Waals surface area contributed by atoms with Crippen molar-refractivity contribution in [1.29, 1.82) is 0 Å². The van der Waals surface area contributed by atoms with Crippen molar-refractivity contribution >= 4 is 11.8 Å². The number of aromatic amines is 1. The SMILES string of the molecule is CC(N)Cc1ccccc1Sc1n[nH]c(=O)n1C(C)C. The molecule has 0 aliphatic carbocycles. The highest BCUT2D eigenvalue weighted by Crippen LogP contribution is 2.30. The summed E-state index contributed by atoms with van der Waals surface area (Å²) in [5.41, 5.74) is 6.89. The van der Waals surface area contributed by atoms with Crippen molar-refractivity contribution in [3.8, 4) is 0 Å². The predicted octanol–water partition coefficient (Wildman–Crippen LogP) is 2.19. The van der Waals surface area contributed by atoms with Crippen LogP contribution in [0.1, 0.15) is 32.4 Å². The smallest absolute Gasteiger partial charge is 0.328 e. The molecule has 0 saturated carbocycles. The van der Waals surface area contributed by atoms with Gasteiger partial charge in [0.25, 0.3) is 0 Å². The molecule has 5 nitrogen and oxygen atoms in total. The Morgan fingerprint density at radius 2 is 2.05 bits per heavy atom. The van der Waals surface area contributed by atoms with E-state index in [1.54, 1.807) is 4.57 Å². The molecule has 1 atom stereocenters. The number of rotatable bonds is 5. The van der Waals surface area contributed by atoms with Crippen LogP contribution in [0.3, 0.4) is 0 Å². The molecule has 0 saturated heterocycles. The van der Waals surface area contributed by atoms with E-state index in [4.69, 9.17) is 5.73 Å². The Balaban J connectivity index is 2.33. The summed E-state index contributed by atoms with van der Waals surface area (Å²) in [6.07, 6.45) is 0.805. The van der Waals surface area contributed by atoms with E-state index >= 15 is 0 Å². The molecule has 1 unspecified atom stereocenters. The lowest BCUT2D eigenvalue weighted by molar-refractivity contribution is 0.534. The molecule has 1 aromatic heterocycles. The zero-order valence-corrected chi connectivity index (χ0v) is 12.8. The Labute approximate surface area is 122 Å². The van der Waals surface area contributed by atoms with Gasteiger partial charge in [-0.3, -0.25) is 4.57 Å². The number of hydrogen-bond donors (Lipinski definition) is 2. The minimum Gasteiger partial charge on any atom is -0.328 e. The quantitative estimate of drug-likeness (QED) is 0.885. The van der Waals surface area contributed by atoms with Gasteiger partial charge in [0, 0.05) is 17.0 Å². The maximum absolute atomic E-state index is 11.7. The minimum absolute atomic E-state index is 0.0735. The Bertz CT molecular complexity index is 630. The Hall–Kier alpha value is -1.53. The van der Waals surface area contributed by atoms with Crippen LogP contribution >= 0.6 is 11.8 Å². The van der Waals surface area contributed by atoms with E-state index in [2.05, 4.69) is 16.3 Å². The fourth-order valence-electron chi connectivity index (χ4n) is 2.03. The summed E-state index contributed by atoms with van der Waals surface area (Å²) >= 11 is 1.50. The summed E-state index contributed by atoms with van der Waals surface area (Å²) in [7, 11) is 0. The van der Waals surface area contributed by atoms with Crippen LogP contribution in [0.15, 0.2) is 39.1 Å². The van der Waals surface area contributed by atoms with Gasteiger partial charge in [-0.2, -0.15) is 0 Å². The number of nitrogens with one attached hydrogen (secondary N) is 1. The van der Waals surface area contributed by atoms with E-state index in [0.717, 1.165) is 11.3 Å². The molecule has 3 N–H and O–H groups in total. The third kappa shape index (κ3) is 3.32. The highest BCUT2D eigenvalue weighted by atomic mass is 32.2. The second-order valence-corrected chi connectivity index (χ2v) is 6.18. The average molecular weight is 292 g/mol. The van der Waals surface area contributed by atoms with Crippen LogP contribution in [0, 0.1) is 0 Å². The van der Waals surface area contributed by atoms with E-state index in [1.165, 1.54) is 17.3 Å². The Morgan fingerprint density at radius 3 is 2.70 bits per heavy atom. The molecular weight excluding hydrogens is 272 g/mol. The fraction of sp³-hybridized carbons (Fsp3) is 0.429. The van der Waals surface area contributed by atoms with E-state index in [-0.39, 0.29) is 17.8 Å². The third-order valence-corrected chi connectivity index (χ3v) is 3.99. The zero-order chi connectivity index (χ0) is 14.7. The number of nitrogens with zero attached hydrogens (tertiary/aromatic N) is 2. The van der Waals surface area contributed by atoms with Gasteiger partial charge in [0.2, 0.25) is 0 Å². The molecule has 108 valence electrons. The molecule has 0 aliphatic rings. The van der Waals surface area contributed by atoms with E-state index in [9.17, 15) is 4.79 Å². The molecule has 0 fully saturated rings. The molecule has 0 radical (unpaired) electrons. The standard InChI is InChI=1S/C14H20N4OS/c1-9(2)18-13(19)16-17-14(18)20-12-7-5-4-6-11(12)8-10(3)15/h4-7,9-10H,8,15H2,1-3H3,(H,16,19).